The maximum absolute atomic E-state index is 12.6. The third-order valence-corrected chi connectivity index (χ3v) is 6.90. The molecule has 178 valence electrons. The van der Waals surface area contributed by atoms with E-state index in [2.05, 4.69) is 40.4 Å². The van der Waals surface area contributed by atoms with Crippen molar-refractivity contribution >= 4 is 11.7 Å². The number of piperazine rings is 1. The lowest BCUT2D eigenvalue weighted by atomic mass is 10.0. The van der Waals surface area contributed by atoms with Crippen molar-refractivity contribution in [3.8, 4) is 16.9 Å². The molecule has 6 nitrogen and oxygen atoms in total. The van der Waals surface area contributed by atoms with E-state index in [-0.39, 0.29) is 5.91 Å². The minimum absolute atomic E-state index is 0.0682. The van der Waals surface area contributed by atoms with Crippen LogP contribution in [-0.2, 0) is 11.2 Å². The fourth-order valence-electron chi connectivity index (χ4n) is 4.91. The lowest BCUT2D eigenvalue weighted by molar-refractivity contribution is -0.120. The number of hydrogen-bond donors (Lipinski definition) is 1. The standard InChI is InChI=1S/C27H38N4O2/c1-3-33-24-11-8-22(9-12-24)25-13-10-23(29-27(25)31-18-16-30(2)17-19-31)20-26(32)28-15-14-21-6-4-5-7-21/h8-13,21H,3-7,14-20H2,1-2H3,(H,28,32). The molecule has 1 N–H and O–H groups in total. The van der Waals surface area contributed by atoms with Crippen molar-refractivity contribution in [2.24, 2.45) is 5.92 Å². The number of benzene rings is 1. The Labute approximate surface area is 198 Å². The van der Waals surface area contributed by atoms with Crippen LogP contribution in [-0.4, -0.2) is 62.2 Å². The van der Waals surface area contributed by atoms with Crippen molar-refractivity contribution in [1.82, 2.24) is 15.2 Å². The molecule has 1 aromatic heterocycles. The van der Waals surface area contributed by atoms with Gasteiger partial charge in [-0.25, -0.2) is 4.98 Å². The summed E-state index contributed by atoms with van der Waals surface area (Å²) in [6.07, 6.45) is 6.76. The van der Waals surface area contributed by atoms with Gasteiger partial charge in [-0.2, -0.15) is 0 Å². The zero-order valence-corrected chi connectivity index (χ0v) is 20.2. The van der Waals surface area contributed by atoms with E-state index in [1.54, 1.807) is 0 Å². The molecular formula is C27H38N4O2. The fourth-order valence-corrected chi connectivity index (χ4v) is 4.91. The lowest BCUT2D eigenvalue weighted by Crippen LogP contribution is -2.45. The van der Waals surface area contributed by atoms with Crippen LogP contribution in [0.2, 0.25) is 0 Å². The van der Waals surface area contributed by atoms with Crippen LogP contribution in [0, 0.1) is 5.92 Å². The van der Waals surface area contributed by atoms with Gasteiger partial charge in [-0.3, -0.25) is 4.79 Å². The summed E-state index contributed by atoms with van der Waals surface area (Å²) in [6, 6.07) is 12.3. The number of rotatable bonds is 9. The highest BCUT2D eigenvalue weighted by molar-refractivity contribution is 5.80. The second-order valence-electron chi connectivity index (χ2n) is 9.39. The van der Waals surface area contributed by atoms with Gasteiger partial charge >= 0.3 is 0 Å². The molecule has 1 aliphatic carbocycles. The van der Waals surface area contributed by atoms with E-state index in [0.717, 1.165) is 73.5 Å². The highest BCUT2D eigenvalue weighted by Crippen LogP contribution is 2.32. The summed E-state index contributed by atoms with van der Waals surface area (Å²) in [4.78, 5) is 22.3. The van der Waals surface area contributed by atoms with Gasteiger partial charge in [-0.05, 0) is 56.1 Å². The van der Waals surface area contributed by atoms with E-state index < -0.39 is 0 Å². The number of amides is 1. The molecule has 1 amide bonds. The van der Waals surface area contributed by atoms with Crippen molar-refractivity contribution in [1.29, 1.82) is 0 Å². The first-order chi connectivity index (χ1) is 16.1. The van der Waals surface area contributed by atoms with E-state index in [9.17, 15) is 4.79 Å². The zero-order chi connectivity index (χ0) is 23.0. The van der Waals surface area contributed by atoms with Gasteiger partial charge in [0.05, 0.1) is 18.7 Å². The molecule has 1 aromatic carbocycles. The molecule has 1 saturated heterocycles. The Bertz CT molecular complexity index is 901. The van der Waals surface area contributed by atoms with Crippen molar-refractivity contribution in [3.63, 3.8) is 0 Å². The molecule has 4 rings (SSSR count). The summed E-state index contributed by atoms with van der Waals surface area (Å²) in [5, 5.41) is 3.11. The smallest absolute Gasteiger partial charge is 0.226 e. The summed E-state index contributed by atoms with van der Waals surface area (Å²) in [5.74, 6) is 2.71. The summed E-state index contributed by atoms with van der Waals surface area (Å²) in [7, 11) is 2.16. The number of anilines is 1. The van der Waals surface area contributed by atoms with Gasteiger partial charge in [0.15, 0.2) is 0 Å². The Morgan fingerprint density at radius 1 is 1.06 bits per heavy atom. The van der Waals surface area contributed by atoms with Crippen LogP contribution < -0.4 is 15.0 Å². The van der Waals surface area contributed by atoms with Crippen LogP contribution in [0.1, 0.15) is 44.7 Å². The number of carbonyl (C=O) groups is 1. The fraction of sp³-hybridized carbons (Fsp3) is 0.556. The molecule has 1 aliphatic heterocycles. The molecule has 0 radical (unpaired) electrons. The van der Waals surface area contributed by atoms with Gasteiger partial charge in [-0.1, -0.05) is 37.8 Å². The highest BCUT2D eigenvalue weighted by atomic mass is 16.5. The van der Waals surface area contributed by atoms with Gasteiger partial charge < -0.3 is 19.9 Å². The Morgan fingerprint density at radius 3 is 2.48 bits per heavy atom. The number of pyridine rings is 1. The third-order valence-electron chi connectivity index (χ3n) is 6.90. The number of nitrogens with one attached hydrogen (secondary N) is 1. The summed E-state index contributed by atoms with van der Waals surface area (Å²) >= 11 is 0. The molecule has 2 aliphatic rings. The molecular weight excluding hydrogens is 412 g/mol. The minimum Gasteiger partial charge on any atom is -0.494 e. The summed E-state index contributed by atoms with van der Waals surface area (Å²) in [5.41, 5.74) is 3.05. The third kappa shape index (κ3) is 6.47. The van der Waals surface area contributed by atoms with E-state index in [1.807, 2.05) is 25.1 Å². The Balaban J connectivity index is 1.47. The van der Waals surface area contributed by atoms with E-state index in [4.69, 9.17) is 9.72 Å². The number of aromatic nitrogens is 1. The Kier molecular flexibility index (Phi) is 8.21. The van der Waals surface area contributed by atoms with E-state index in [0.29, 0.717) is 13.0 Å². The van der Waals surface area contributed by atoms with Crippen molar-refractivity contribution in [2.45, 2.75) is 45.4 Å². The van der Waals surface area contributed by atoms with Gasteiger partial charge in [-0.15, -0.1) is 0 Å². The van der Waals surface area contributed by atoms with Gasteiger partial charge in [0.2, 0.25) is 5.91 Å². The maximum atomic E-state index is 12.6. The quantitative estimate of drug-likeness (QED) is 0.622. The molecule has 0 atom stereocenters. The predicted octanol–water partition coefficient (Wildman–Crippen LogP) is 4.14. The van der Waals surface area contributed by atoms with Crippen LogP contribution in [0.25, 0.3) is 11.1 Å². The number of nitrogens with zero attached hydrogens (tertiary/aromatic N) is 3. The summed E-state index contributed by atoms with van der Waals surface area (Å²) in [6.45, 7) is 7.32. The first-order valence-electron chi connectivity index (χ1n) is 12.6. The van der Waals surface area contributed by atoms with Crippen LogP contribution >= 0.6 is 0 Å². The Morgan fingerprint density at radius 2 is 1.79 bits per heavy atom. The van der Waals surface area contributed by atoms with Gasteiger partial charge in [0.1, 0.15) is 11.6 Å². The molecule has 33 heavy (non-hydrogen) atoms. The van der Waals surface area contributed by atoms with Crippen molar-refractivity contribution < 1.29 is 9.53 Å². The lowest BCUT2D eigenvalue weighted by Gasteiger charge is -2.34. The maximum Gasteiger partial charge on any atom is 0.226 e. The molecule has 2 fully saturated rings. The first-order valence-corrected chi connectivity index (χ1v) is 12.6. The topological polar surface area (TPSA) is 57.7 Å². The molecule has 6 heteroatoms. The van der Waals surface area contributed by atoms with Crippen molar-refractivity contribution in [3.05, 3.63) is 42.1 Å². The minimum atomic E-state index is 0.0682. The van der Waals surface area contributed by atoms with E-state index >= 15 is 0 Å². The monoisotopic (exact) mass is 450 g/mol. The molecule has 2 heterocycles. The van der Waals surface area contributed by atoms with Crippen molar-refractivity contribution in [2.75, 3.05) is 51.3 Å². The summed E-state index contributed by atoms with van der Waals surface area (Å²) < 4.78 is 5.61. The number of ether oxygens (including phenoxy) is 1. The van der Waals surface area contributed by atoms with Gasteiger partial charge in [0, 0.05) is 38.3 Å². The van der Waals surface area contributed by atoms with Gasteiger partial charge in [0.25, 0.3) is 0 Å². The average molecular weight is 451 g/mol. The number of likely N-dealkylation sites (N-methyl/N-ethyl adjacent to an activating group) is 1. The second kappa shape index (κ2) is 11.5. The van der Waals surface area contributed by atoms with Crippen LogP contribution in [0.3, 0.4) is 0 Å². The molecule has 2 aromatic rings. The first kappa shape index (κ1) is 23.6. The predicted molar refractivity (Wildman–Crippen MR) is 134 cm³/mol. The van der Waals surface area contributed by atoms with Crippen LogP contribution in [0.4, 0.5) is 5.82 Å². The van der Waals surface area contributed by atoms with Crippen LogP contribution in [0.5, 0.6) is 5.75 Å². The zero-order valence-electron chi connectivity index (χ0n) is 20.2. The molecule has 1 saturated carbocycles. The van der Waals surface area contributed by atoms with Crippen LogP contribution in [0.15, 0.2) is 36.4 Å². The van der Waals surface area contributed by atoms with E-state index in [1.165, 1.54) is 25.7 Å². The highest BCUT2D eigenvalue weighted by Gasteiger charge is 2.21. The SMILES string of the molecule is CCOc1ccc(-c2ccc(CC(=O)NCCC3CCCC3)nc2N2CCN(C)CC2)cc1. The normalized spacial score (nSPS) is 17.3. The molecule has 0 spiro atoms. The number of hydrogen-bond acceptors (Lipinski definition) is 5. The Hall–Kier alpha value is -2.60. The average Bonchev–Trinajstić information content (AvgIpc) is 3.34. The molecule has 0 bridgehead atoms. The molecule has 0 unspecified atom stereocenters. The number of carbonyl (C=O) groups excluding carboxylic acids is 1. The largest absolute Gasteiger partial charge is 0.494 e. The second-order valence-corrected chi connectivity index (χ2v) is 9.39.